The molecule has 1 spiro atoms. The topological polar surface area (TPSA) is 196 Å². The molecule has 4 saturated carbocycles. The quantitative estimate of drug-likeness (QED) is 0.205. The summed E-state index contributed by atoms with van der Waals surface area (Å²) in [6, 6.07) is 0. The third-order valence-electron chi connectivity index (χ3n) is 12.7. The summed E-state index contributed by atoms with van der Waals surface area (Å²) >= 11 is 0. The van der Waals surface area contributed by atoms with Gasteiger partial charge in [-0.2, -0.15) is 0 Å². The Bertz CT molecular complexity index is 1060. The molecule has 0 aromatic heterocycles. The molecule has 12 nitrogen and oxygen atoms in total. The Kier molecular flexibility index (Phi) is 8.27. The van der Waals surface area contributed by atoms with E-state index < -0.39 is 78.9 Å². The summed E-state index contributed by atoms with van der Waals surface area (Å²) in [5, 5.41) is 72.9. The minimum atomic E-state index is -1.69. The van der Waals surface area contributed by atoms with Gasteiger partial charge in [0.05, 0.1) is 24.2 Å². The van der Waals surface area contributed by atoms with Crippen LogP contribution in [0, 0.1) is 34.0 Å². The van der Waals surface area contributed by atoms with Crippen LogP contribution < -0.4 is 0 Å². The van der Waals surface area contributed by atoms with Gasteiger partial charge in [-0.05, 0) is 93.8 Å². The number of aliphatic hydroxyl groups excluding tert-OH is 6. The lowest BCUT2D eigenvalue weighted by molar-refractivity contribution is -0.352. The molecule has 43 heavy (non-hydrogen) atoms. The minimum Gasteiger partial charge on any atom is -0.432 e. The lowest BCUT2D eigenvalue weighted by atomic mass is 9.41. The van der Waals surface area contributed by atoms with Crippen molar-refractivity contribution in [2.24, 2.45) is 34.0 Å². The molecule has 12 heteroatoms. The van der Waals surface area contributed by atoms with E-state index in [9.17, 15) is 40.5 Å². The van der Waals surface area contributed by atoms with Crippen molar-refractivity contribution >= 4 is 5.97 Å². The van der Waals surface area contributed by atoms with E-state index in [0.29, 0.717) is 18.3 Å². The third kappa shape index (κ3) is 4.99. The highest BCUT2D eigenvalue weighted by Crippen LogP contribution is 2.73. The Labute approximate surface area is 252 Å². The van der Waals surface area contributed by atoms with E-state index in [0.717, 1.165) is 51.4 Å². The number of carbonyl (C=O) groups excluding carboxylic acids is 1. The van der Waals surface area contributed by atoms with E-state index in [2.05, 4.69) is 6.92 Å². The fourth-order valence-corrected chi connectivity index (χ4v) is 10.6. The average molecular weight is 615 g/mol. The highest BCUT2D eigenvalue weighted by molar-refractivity contribution is 5.77. The molecule has 4 aliphatic carbocycles. The average Bonchev–Trinajstić information content (AvgIpc) is 3.14. The van der Waals surface area contributed by atoms with Crippen molar-refractivity contribution in [1.82, 2.24) is 0 Å². The Morgan fingerprint density at radius 2 is 1.63 bits per heavy atom. The zero-order valence-electron chi connectivity index (χ0n) is 25.4. The molecule has 2 aliphatic heterocycles. The van der Waals surface area contributed by atoms with E-state index in [1.54, 1.807) is 0 Å². The van der Waals surface area contributed by atoms with Gasteiger partial charge in [-0.25, -0.2) is 0 Å². The molecule has 0 aromatic carbocycles. The smallest absolute Gasteiger partial charge is 0.314 e. The van der Waals surface area contributed by atoms with Crippen molar-refractivity contribution in [2.45, 2.75) is 139 Å². The van der Waals surface area contributed by atoms with Gasteiger partial charge in [0, 0.05) is 0 Å². The maximum absolute atomic E-state index is 14.2. The molecule has 2 saturated heterocycles. The van der Waals surface area contributed by atoms with Crippen LogP contribution in [0.25, 0.3) is 0 Å². The first kappa shape index (κ1) is 32.0. The number of carbonyl (C=O) groups is 1. The highest BCUT2D eigenvalue weighted by atomic mass is 16.8. The Morgan fingerprint density at radius 1 is 0.884 bits per heavy atom. The SMILES string of the molecule is C[C@@]12CCC[C@@](C)(C(=O)O[C@@H]3O[C@H](CO)[C@@H](O)[C@H](O)[C@H]3O[C@@H]3OC[C@H](O)[C@H](O)[C@H]3O)[C@H]1CC[C@@]13C[C@@H](CC[C@H]12)[C@](C)(O)C3. The number of fused-ring (bicyclic) bond motifs is 3. The van der Waals surface area contributed by atoms with Gasteiger partial charge in [0.2, 0.25) is 6.29 Å². The first-order valence-corrected chi connectivity index (χ1v) is 16.0. The third-order valence-corrected chi connectivity index (χ3v) is 12.7. The second-order valence-electron chi connectivity index (χ2n) is 15.3. The summed E-state index contributed by atoms with van der Waals surface area (Å²) in [7, 11) is 0. The fourth-order valence-electron chi connectivity index (χ4n) is 10.6. The number of aliphatic hydroxyl groups is 7. The zero-order chi connectivity index (χ0) is 31.1. The van der Waals surface area contributed by atoms with Crippen LogP contribution >= 0.6 is 0 Å². The van der Waals surface area contributed by atoms with Gasteiger partial charge in [-0.1, -0.05) is 13.3 Å². The number of hydrogen-bond acceptors (Lipinski definition) is 12. The van der Waals surface area contributed by atoms with Crippen LogP contribution in [0.1, 0.15) is 78.6 Å². The van der Waals surface area contributed by atoms with Gasteiger partial charge in [0.1, 0.15) is 36.6 Å². The predicted molar refractivity (Wildman–Crippen MR) is 148 cm³/mol. The van der Waals surface area contributed by atoms with Crippen LogP contribution in [0.5, 0.6) is 0 Å². The summed E-state index contributed by atoms with van der Waals surface area (Å²) in [5.41, 5.74) is -1.57. The lowest BCUT2D eigenvalue weighted by Crippen LogP contribution is -2.64. The van der Waals surface area contributed by atoms with Crippen molar-refractivity contribution in [2.75, 3.05) is 13.2 Å². The van der Waals surface area contributed by atoms with Crippen molar-refractivity contribution in [1.29, 1.82) is 0 Å². The molecule has 7 N–H and O–H groups in total. The predicted octanol–water partition coefficient (Wildman–Crippen LogP) is -0.0433. The van der Waals surface area contributed by atoms with Gasteiger partial charge in [-0.3, -0.25) is 4.79 Å². The summed E-state index contributed by atoms with van der Waals surface area (Å²) in [5.74, 6) is 0.208. The maximum Gasteiger partial charge on any atom is 0.314 e. The monoisotopic (exact) mass is 614 g/mol. The summed E-state index contributed by atoms with van der Waals surface area (Å²) < 4.78 is 22.9. The second-order valence-corrected chi connectivity index (χ2v) is 15.3. The number of ether oxygens (including phenoxy) is 4. The minimum absolute atomic E-state index is 0.0196. The van der Waals surface area contributed by atoms with E-state index in [-0.39, 0.29) is 23.4 Å². The highest BCUT2D eigenvalue weighted by Gasteiger charge is 2.68. The molecule has 0 aromatic rings. The van der Waals surface area contributed by atoms with Gasteiger partial charge < -0.3 is 54.7 Å². The normalized spacial score (nSPS) is 56.6. The van der Waals surface area contributed by atoms with Crippen molar-refractivity contribution in [3.8, 4) is 0 Å². The van der Waals surface area contributed by atoms with Gasteiger partial charge in [-0.15, -0.1) is 0 Å². The van der Waals surface area contributed by atoms with Crippen LogP contribution in [0.15, 0.2) is 0 Å². The van der Waals surface area contributed by atoms with Crippen molar-refractivity contribution in [3.63, 3.8) is 0 Å². The molecule has 0 unspecified atom stereocenters. The molecule has 2 bridgehead atoms. The lowest BCUT2D eigenvalue weighted by Gasteiger charge is -2.63. The van der Waals surface area contributed by atoms with Crippen LogP contribution in [0.4, 0.5) is 0 Å². The van der Waals surface area contributed by atoms with Crippen molar-refractivity contribution < 1.29 is 59.5 Å². The van der Waals surface area contributed by atoms with Crippen LogP contribution in [0.2, 0.25) is 0 Å². The summed E-state index contributed by atoms with van der Waals surface area (Å²) in [6.07, 6.45) is -5.67. The largest absolute Gasteiger partial charge is 0.432 e. The zero-order valence-corrected chi connectivity index (χ0v) is 25.4. The van der Waals surface area contributed by atoms with E-state index in [1.165, 1.54) is 0 Å². The number of rotatable bonds is 5. The molecule has 6 rings (SSSR count). The molecule has 246 valence electrons. The second kappa shape index (κ2) is 11.1. The fraction of sp³-hybridized carbons (Fsp3) is 0.968. The number of hydrogen-bond donors (Lipinski definition) is 7. The van der Waals surface area contributed by atoms with Crippen LogP contribution in [0.3, 0.4) is 0 Å². The molecule has 16 atom stereocenters. The van der Waals surface area contributed by atoms with E-state index in [4.69, 9.17) is 18.9 Å². The molecular weight excluding hydrogens is 564 g/mol. The first-order valence-electron chi connectivity index (χ1n) is 16.0. The summed E-state index contributed by atoms with van der Waals surface area (Å²) in [6.45, 7) is 5.23. The molecule has 6 fully saturated rings. The Balaban J connectivity index is 1.23. The van der Waals surface area contributed by atoms with Gasteiger partial charge in [0.15, 0.2) is 12.4 Å². The maximum atomic E-state index is 14.2. The van der Waals surface area contributed by atoms with Crippen LogP contribution in [-0.2, 0) is 23.7 Å². The molecular formula is C31H50O12. The summed E-state index contributed by atoms with van der Waals surface area (Å²) in [4.78, 5) is 14.2. The standard InChI is InChI=1S/C31H50O12/c1-28-8-4-9-29(2,18(28)7-10-31-11-15(5-6-19(28)31)30(3,39)14-31)27(38)43-26-24(22(36)21(35)17(12-32)41-26)42-25-23(37)20(34)16(33)13-40-25/h15-26,32-37,39H,4-14H2,1-3H3/t15-,16+,17-,18+,19+,20+,21-,22+,23-,24-,25+,26+,28-,29-,30-,31+/m1/s1. The molecule has 0 radical (unpaired) electrons. The molecule has 6 aliphatic rings. The van der Waals surface area contributed by atoms with Gasteiger partial charge >= 0.3 is 5.97 Å². The van der Waals surface area contributed by atoms with E-state index >= 15 is 0 Å². The Morgan fingerprint density at radius 3 is 2.35 bits per heavy atom. The van der Waals surface area contributed by atoms with Crippen molar-refractivity contribution in [3.05, 3.63) is 0 Å². The first-order chi connectivity index (χ1) is 20.2. The van der Waals surface area contributed by atoms with E-state index in [1.807, 2.05) is 13.8 Å². The van der Waals surface area contributed by atoms with Crippen LogP contribution in [-0.4, -0.2) is 116 Å². The number of esters is 1. The Hall–Kier alpha value is -0.930. The molecule has 0 amide bonds. The molecule has 2 heterocycles. The van der Waals surface area contributed by atoms with Gasteiger partial charge in [0.25, 0.3) is 0 Å².